The number of nitrogens with one attached hydrogen (secondary N) is 1. The molecule has 1 N–H and O–H groups in total. The summed E-state index contributed by atoms with van der Waals surface area (Å²) in [5.41, 5.74) is 0.889. The zero-order valence-electron chi connectivity index (χ0n) is 16.6. The van der Waals surface area contributed by atoms with Gasteiger partial charge in [0, 0.05) is 33.1 Å². The minimum Gasteiger partial charge on any atom is -0.497 e. The van der Waals surface area contributed by atoms with E-state index in [0.29, 0.717) is 11.4 Å². The average Bonchev–Trinajstić information content (AvgIpc) is 2.66. The molecule has 0 aliphatic rings. The molecule has 0 aliphatic carbocycles. The van der Waals surface area contributed by atoms with Gasteiger partial charge in [0.15, 0.2) is 0 Å². The number of rotatable bonds is 8. The van der Waals surface area contributed by atoms with Crippen molar-refractivity contribution in [3.05, 3.63) is 42.5 Å². The first-order valence-corrected chi connectivity index (χ1v) is 10.9. The average molecular weight is 424 g/mol. The number of hydrogen-bond donors (Lipinski definition) is 1. The van der Waals surface area contributed by atoms with Crippen molar-refractivity contribution in [1.82, 2.24) is 4.31 Å². The van der Waals surface area contributed by atoms with Gasteiger partial charge in [0.05, 0.1) is 24.2 Å². The van der Waals surface area contributed by atoms with Gasteiger partial charge in [-0.2, -0.15) is 0 Å². The molecule has 0 radical (unpaired) electrons. The van der Waals surface area contributed by atoms with Crippen LogP contribution in [0.25, 0.3) is 0 Å². The van der Waals surface area contributed by atoms with Crippen molar-refractivity contribution in [2.45, 2.75) is 9.79 Å². The highest BCUT2D eigenvalue weighted by molar-refractivity contribution is 8.00. The van der Waals surface area contributed by atoms with Gasteiger partial charge in [-0.05, 0) is 30.3 Å². The Hall–Kier alpha value is -2.23. The molecule has 9 heteroatoms. The Morgan fingerprint density at radius 2 is 1.79 bits per heavy atom. The van der Waals surface area contributed by atoms with Gasteiger partial charge >= 0.3 is 0 Å². The van der Waals surface area contributed by atoms with Crippen LogP contribution in [0.3, 0.4) is 0 Å². The fourth-order valence-corrected chi connectivity index (χ4v) is 4.25. The van der Waals surface area contributed by atoms with Crippen LogP contribution >= 0.6 is 11.8 Å². The number of ether oxygens (including phenoxy) is 1. The van der Waals surface area contributed by atoms with E-state index in [4.69, 9.17) is 4.74 Å². The second kappa shape index (κ2) is 9.31. The van der Waals surface area contributed by atoms with Crippen molar-refractivity contribution in [2.75, 3.05) is 51.3 Å². The Morgan fingerprint density at radius 1 is 1.11 bits per heavy atom. The van der Waals surface area contributed by atoms with E-state index in [1.54, 1.807) is 38.2 Å². The Morgan fingerprint density at radius 3 is 2.39 bits per heavy atom. The van der Waals surface area contributed by atoms with Crippen LogP contribution in [0.15, 0.2) is 52.3 Å². The number of hydrogen-bond acceptors (Lipinski definition) is 6. The summed E-state index contributed by atoms with van der Waals surface area (Å²) >= 11 is 1.35. The van der Waals surface area contributed by atoms with Gasteiger partial charge in [-0.15, -0.1) is 11.8 Å². The lowest BCUT2D eigenvalue weighted by atomic mass is 10.2. The number of thioether (sulfide) groups is 1. The van der Waals surface area contributed by atoms with E-state index in [1.807, 2.05) is 24.3 Å². The van der Waals surface area contributed by atoms with Crippen molar-refractivity contribution in [1.29, 1.82) is 0 Å². The van der Waals surface area contributed by atoms with Crippen molar-refractivity contribution < 1.29 is 17.9 Å². The molecule has 0 unspecified atom stereocenters. The summed E-state index contributed by atoms with van der Waals surface area (Å²) in [5, 5.41) is 2.78. The van der Waals surface area contributed by atoms with E-state index in [1.165, 1.54) is 31.9 Å². The Kier molecular flexibility index (Phi) is 7.34. The minimum absolute atomic E-state index is 0.0587. The molecule has 0 fully saturated rings. The van der Waals surface area contributed by atoms with Gasteiger partial charge in [0.2, 0.25) is 15.9 Å². The molecule has 0 aliphatic heterocycles. The predicted molar refractivity (Wildman–Crippen MR) is 114 cm³/mol. The standard InChI is InChI=1S/C19H25N3O4S2/c1-21(2)16-10-7-11-17(28(24,25)22(3)4)19(16)20-18(23)13-27-15-9-6-8-14(12-15)26-5/h6-12H,13H2,1-5H3,(H,20,23). The summed E-state index contributed by atoms with van der Waals surface area (Å²) in [6, 6.07) is 12.3. The normalized spacial score (nSPS) is 11.4. The van der Waals surface area contributed by atoms with Gasteiger partial charge in [-0.1, -0.05) is 12.1 Å². The molecule has 0 spiro atoms. The lowest BCUT2D eigenvalue weighted by molar-refractivity contribution is -0.113. The zero-order chi connectivity index (χ0) is 20.9. The molecule has 0 atom stereocenters. The predicted octanol–water partition coefficient (Wildman–Crippen LogP) is 2.74. The van der Waals surface area contributed by atoms with Gasteiger partial charge in [0.25, 0.3) is 0 Å². The zero-order valence-corrected chi connectivity index (χ0v) is 18.2. The molecule has 28 heavy (non-hydrogen) atoms. The van der Waals surface area contributed by atoms with Crippen LogP contribution in [-0.4, -0.2) is 59.7 Å². The van der Waals surface area contributed by atoms with E-state index >= 15 is 0 Å². The van der Waals surface area contributed by atoms with Crippen molar-refractivity contribution >= 4 is 39.1 Å². The second-order valence-electron chi connectivity index (χ2n) is 6.35. The summed E-state index contributed by atoms with van der Waals surface area (Å²) in [4.78, 5) is 15.3. The number of para-hydroxylation sites is 1. The molecule has 1 amide bonds. The van der Waals surface area contributed by atoms with Crippen LogP contribution in [0.5, 0.6) is 5.75 Å². The highest BCUT2D eigenvalue weighted by atomic mass is 32.2. The van der Waals surface area contributed by atoms with Gasteiger partial charge in [0.1, 0.15) is 10.6 Å². The molecule has 152 valence electrons. The van der Waals surface area contributed by atoms with Gasteiger partial charge in [-0.25, -0.2) is 12.7 Å². The number of carbonyl (C=O) groups is 1. The van der Waals surface area contributed by atoms with Crippen LogP contribution in [0.4, 0.5) is 11.4 Å². The molecular weight excluding hydrogens is 398 g/mol. The molecule has 0 aromatic heterocycles. The van der Waals surface area contributed by atoms with Gasteiger partial charge < -0.3 is 15.0 Å². The summed E-state index contributed by atoms with van der Waals surface area (Å²) in [5.74, 6) is 0.552. The molecular formula is C19H25N3O4S2. The third kappa shape index (κ3) is 5.18. The fourth-order valence-electron chi connectivity index (χ4n) is 2.44. The summed E-state index contributed by atoms with van der Waals surface area (Å²) in [7, 11) is 4.38. The topological polar surface area (TPSA) is 79.0 Å². The molecule has 2 aromatic carbocycles. The SMILES string of the molecule is COc1cccc(SCC(=O)Nc2c(N(C)C)cccc2S(=O)(=O)N(C)C)c1. The van der Waals surface area contributed by atoms with Gasteiger partial charge in [-0.3, -0.25) is 4.79 Å². The maximum Gasteiger partial charge on any atom is 0.244 e. The van der Waals surface area contributed by atoms with Crippen LogP contribution < -0.4 is 15.0 Å². The molecule has 2 rings (SSSR count). The number of nitrogens with zero attached hydrogens (tertiary/aromatic N) is 2. The maximum absolute atomic E-state index is 12.7. The van der Waals surface area contributed by atoms with Crippen LogP contribution in [-0.2, 0) is 14.8 Å². The van der Waals surface area contributed by atoms with Crippen molar-refractivity contribution in [2.24, 2.45) is 0 Å². The molecule has 0 saturated heterocycles. The second-order valence-corrected chi connectivity index (χ2v) is 9.52. The molecule has 7 nitrogen and oxygen atoms in total. The highest BCUT2D eigenvalue weighted by Gasteiger charge is 2.25. The van der Waals surface area contributed by atoms with E-state index in [0.717, 1.165) is 9.20 Å². The van der Waals surface area contributed by atoms with E-state index in [2.05, 4.69) is 5.32 Å². The molecule has 0 heterocycles. The monoisotopic (exact) mass is 423 g/mol. The number of anilines is 2. The van der Waals surface area contributed by atoms with Crippen LogP contribution in [0.1, 0.15) is 0 Å². The minimum atomic E-state index is -3.72. The first kappa shape index (κ1) is 22.1. The summed E-state index contributed by atoms with van der Waals surface area (Å²) in [6.07, 6.45) is 0. The quantitative estimate of drug-likeness (QED) is 0.658. The smallest absolute Gasteiger partial charge is 0.244 e. The lowest BCUT2D eigenvalue weighted by Crippen LogP contribution is -2.26. The van der Waals surface area contributed by atoms with E-state index < -0.39 is 10.0 Å². The number of methoxy groups -OCH3 is 1. The maximum atomic E-state index is 12.7. The number of sulfonamides is 1. The first-order chi connectivity index (χ1) is 13.2. The lowest BCUT2D eigenvalue weighted by Gasteiger charge is -2.22. The van der Waals surface area contributed by atoms with Crippen molar-refractivity contribution in [3.8, 4) is 5.75 Å². The number of amides is 1. The van der Waals surface area contributed by atoms with E-state index in [-0.39, 0.29) is 22.2 Å². The van der Waals surface area contributed by atoms with Crippen molar-refractivity contribution in [3.63, 3.8) is 0 Å². The number of benzene rings is 2. The third-order valence-electron chi connectivity index (χ3n) is 3.92. The van der Waals surface area contributed by atoms with Crippen LogP contribution in [0, 0.1) is 0 Å². The first-order valence-electron chi connectivity index (χ1n) is 8.46. The Labute approximate surface area is 170 Å². The number of carbonyl (C=O) groups excluding carboxylic acids is 1. The highest BCUT2D eigenvalue weighted by Crippen LogP contribution is 2.33. The van der Waals surface area contributed by atoms with Crippen LogP contribution in [0.2, 0.25) is 0 Å². The summed E-state index contributed by atoms with van der Waals surface area (Å²) in [6.45, 7) is 0. The molecule has 0 bridgehead atoms. The summed E-state index contributed by atoms with van der Waals surface area (Å²) < 4.78 is 31.7. The van der Waals surface area contributed by atoms with E-state index in [9.17, 15) is 13.2 Å². The third-order valence-corrected chi connectivity index (χ3v) is 6.77. The fraction of sp³-hybridized carbons (Fsp3) is 0.316. The molecule has 2 aromatic rings. The Bertz CT molecular complexity index is 944. The largest absolute Gasteiger partial charge is 0.497 e. The Balaban J connectivity index is 2.27. The molecule has 0 saturated carbocycles.